The van der Waals surface area contributed by atoms with Crippen molar-refractivity contribution in [2.75, 3.05) is 0 Å². The molecule has 2 aromatic rings. The van der Waals surface area contributed by atoms with Crippen LogP contribution in [0.1, 0.15) is 23.2 Å². The van der Waals surface area contributed by atoms with E-state index in [9.17, 15) is 9.18 Å². The van der Waals surface area contributed by atoms with Gasteiger partial charge < -0.3 is 4.42 Å². The first kappa shape index (κ1) is 11.8. The van der Waals surface area contributed by atoms with Gasteiger partial charge in [-0.2, -0.15) is 0 Å². The summed E-state index contributed by atoms with van der Waals surface area (Å²) < 4.78 is 18.8. The van der Waals surface area contributed by atoms with Crippen LogP contribution >= 0.6 is 11.8 Å². The summed E-state index contributed by atoms with van der Waals surface area (Å²) in [6.07, 6.45) is 0. The van der Waals surface area contributed by atoms with Crippen molar-refractivity contribution in [2.45, 2.75) is 24.0 Å². The molecule has 0 bridgehead atoms. The van der Waals surface area contributed by atoms with Gasteiger partial charge in [0.05, 0.1) is 4.90 Å². The number of Topliss-reactive ketones (excluding diaryl/α,β-unsaturated/α-hetero) is 1. The molecule has 1 aromatic carbocycles. The van der Waals surface area contributed by atoms with Crippen molar-refractivity contribution in [3.05, 3.63) is 35.5 Å². The fourth-order valence-corrected chi connectivity index (χ4v) is 2.20. The fourth-order valence-electron chi connectivity index (χ4n) is 1.30. The summed E-state index contributed by atoms with van der Waals surface area (Å²) >= 11 is 0.954. The molecule has 0 fully saturated rings. The molecule has 0 atom stereocenters. The first-order valence-corrected chi connectivity index (χ1v) is 5.67. The summed E-state index contributed by atoms with van der Waals surface area (Å²) in [5, 5.41) is 7.61. The van der Waals surface area contributed by atoms with Gasteiger partial charge in [-0.15, -0.1) is 10.2 Å². The van der Waals surface area contributed by atoms with Crippen molar-refractivity contribution < 1.29 is 13.6 Å². The second-order valence-electron chi connectivity index (χ2n) is 3.36. The molecule has 1 aromatic heterocycles. The minimum atomic E-state index is -0.474. The van der Waals surface area contributed by atoms with E-state index >= 15 is 0 Å². The quantitative estimate of drug-likeness (QED) is 0.786. The van der Waals surface area contributed by atoms with Crippen LogP contribution in [0.15, 0.2) is 32.7 Å². The van der Waals surface area contributed by atoms with E-state index in [1.165, 1.54) is 19.1 Å². The second kappa shape index (κ2) is 4.67. The van der Waals surface area contributed by atoms with E-state index in [1.54, 1.807) is 13.0 Å². The van der Waals surface area contributed by atoms with Gasteiger partial charge in [0, 0.05) is 12.5 Å². The van der Waals surface area contributed by atoms with Crippen molar-refractivity contribution >= 4 is 17.5 Å². The second-order valence-corrected chi connectivity index (χ2v) is 4.32. The highest BCUT2D eigenvalue weighted by Crippen LogP contribution is 2.31. The molecular formula is C11H9FN2O2S. The van der Waals surface area contributed by atoms with Gasteiger partial charge >= 0.3 is 0 Å². The molecular weight excluding hydrogens is 243 g/mol. The maximum absolute atomic E-state index is 13.6. The Hall–Kier alpha value is -1.69. The zero-order chi connectivity index (χ0) is 12.4. The highest BCUT2D eigenvalue weighted by atomic mass is 32.2. The molecule has 1 heterocycles. The highest BCUT2D eigenvalue weighted by molar-refractivity contribution is 7.99. The van der Waals surface area contributed by atoms with Gasteiger partial charge in [-0.3, -0.25) is 4.79 Å². The molecule has 4 nitrogen and oxygen atoms in total. The lowest BCUT2D eigenvalue weighted by Gasteiger charge is -2.04. The van der Waals surface area contributed by atoms with E-state index in [0.717, 1.165) is 11.8 Å². The number of hydrogen-bond donors (Lipinski definition) is 0. The van der Waals surface area contributed by atoms with Gasteiger partial charge in [0.15, 0.2) is 5.78 Å². The zero-order valence-electron chi connectivity index (χ0n) is 9.23. The van der Waals surface area contributed by atoms with E-state index in [-0.39, 0.29) is 15.9 Å². The summed E-state index contributed by atoms with van der Waals surface area (Å²) in [6.45, 7) is 3.03. The number of benzene rings is 1. The third-order valence-corrected chi connectivity index (χ3v) is 3.00. The van der Waals surface area contributed by atoms with Crippen LogP contribution in [0, 0.1) is 12.7 Å². The molecule has 17 heavy (non-hydrogen) atoms. The van der Waals surface area contributed by atoms with Gasteiger partial charge in [-0.05, 0) is 24.8 Å². The highest BCUT2D eigenvalue weighted by Gasteiger charge is 2.16. The van der Waals surface area contributed by atoms with E-state index in [1.807, 2.05) is 0 Å². The maximum Gasteiger partial charge on any atom is 0.281 e. The number of carbonyl (C=O) groups excluding carboxylic acids is 1. The lowest BCUT2D eigenvalue weighted by molar-refractivity contribution is 0.101. The number of aromatic nitrogens is 2. The summed E-state index contributed by atoms with van der Waals surface area (Å²) in [6, 6.07) is 4.35. The van der Waals surface area contributed by atoms with Crippen molar-refractivity contribution in [2.24, 2.45) is 0 Å². The molecule has 0 saturated carbocycles. The van der Waals surface area contributed by atoms with Crippen molar-refractivity contribution in [3.63, 3.8) is 0 Å². The monoisotopic (exact) mass is 252 g/mol. The number of carbonyl (C=O) groups is 1. The van der Waals surface area contributed by atoms with Crippen LogP contribution in [0.4, 0.5) is 4.39 Å². The van der Waals surface area contributed by atoms with Gasteiger partial charge in [0.1, 0.15) is 5.82 Å². The average Bonchev–Trinajstić information content (AvgIpc) is 2.67. The van der Waals surface area contributed by atoms with Crippen LogP contribution in [0.2, 0.25) is 0 Å². The minimum absolute atomic E-state index is 0.205. The lowest BCUT2D eigenvalue weighted by atomic mass is 10.1. The maximum atomic E-state index is 13.6. The number of hydrogen-bond acceptors (Lipinski definition) is 5. The number of halogens is 1. The third-order valence-electron chi connectivity index (χ3n) is 2.04. The molecule has 6 heteroatoms. The van der Waals surface area contributed by atoms with E-state index in [2.05, 4.69) is 10.2 Å². The predicted molar refractivity (Wildman–Crippen MR) is 59.6 cm³/mol. The van der Waals surface area contributed by atoms with E-state index < -0.39 is 5.82 Å². The Kier molecular flexibility index (Phi) is 3.23. The molecule has 0 aliphatic rings. The lowest BCUT2D eigenvalue weighted by Crippen LogP contribution is -1.97. The van der Waals surface area contributed by atoms with Gasteiger partial charge in [0.2, 0.25) is 5.89 Å². The molecule has 0 saturated heterocycles. The van der Waals surface area contributed by atoms with Crippen LogP contribution in [-0.2, 0) is 0 Å². The number of nitrogens with zero attached hydrogens (tertiary/aromatic N) is 2. The summed E-state index contributed by atoms with van der Waals surface area (Å²) in [4.78, 5) is 11.6. The number of aryl methyl sites for hydroxylation is 1. The molecule has 0 aliphatic carbocycles. The molecule has 88 valence electrons. The molecule has 0 N–H and O–H groups in total. The van der Waals surface area contributed by atoms with Gasteiger partial charge in [-0.1, -0.05) is 12.1 Å². The molecule has 0 amide bonds. The fraction of sp³-hybridized carbons (Fsp3) is 0.182. The smallest absolute Gasteiger partial charge is 0.281 e. The molecule has 0 aliphatic heterocycles. The SMILES string of the molecule is CC(=O)c1cccc(F)c1Sc1nnc(C)o1. The predicted octanol–water partition coefficient (Wildman–Crippen LogP) is 2.87. The van der Waals surface area contributed by atoms with Gasteiger partial charge in [0.25, 0.3) is 5.22 Å². The molecule has 0 spiro atoms. The van der Waals surface area contributed by atoms with Crippen molar-refractivity contribution in [3.8, 4) is 0 Å². The largest absolute Gasteiger partial charge is 0.416 e. The summed E-state index contributed by atoms with van der Waals surface area (Å²) in [5.74, 6) is -0.282. The van der Waals surface area contributed by atoms with Crippen LogP contribution in [0.3, 0.4) is 0 Å². The van der Waals surface area contributed by atoms with Crippen molar-refractivity contribution in [1.29, 1.82) is 0 Å². The Labute approximate surface area is 101 Å². The van der Waals surface area contributed by atoms with Crippen LogP contribution in [0.25, 0.3) is 0 Å². The third kappa shape index (κ3) is 2.52. The standard InChI is InChI=1S/C11H9FN2O2S/c1-6(15)8-4-3-5-9(12)10(8)17-11-14-13-7(2)16-11/h3-5H,1-2H3. The first-order chi connectivity index (χ1) is 8.08. The summed E-state index contributed by atoms with van der Waals surface area (Å²) in [7, 11) is 0. The average molecular weight is 252 g/mol. The Bertz CT molecular complexity index is 568. The Balaban J connectivity index is 2.40. The minimum Gasteiger partial charge on any atom is -0.416 e. The molecule has 2 rings (SSSR count). The Morgan fingerprint density at radius 3 is 2.76 bits per heavy atom. The first-order valence-electron chi connectivity index (χ1n) is 4.85. The number of rotatable bonds is 3. The van der Waals surface area contributed by atoms with E-state index in [4.69, 9.17) is 4.42 Å². The van der Waals surface area contributed by atoms with Crippen LogP contribution < -0.4 is 0 Å². The zero-order valence-corrected chi connectivity index (χ0v) is 10.0. The van der Waals surface area contributed by atoms with Crippen molar-refractivity contribution in [1.82, 2.24) is 10.2 Å². The summed E-state index contributed by atoms with van der Waals surface area (Å²) in [5.41, 5.74) is 0.311. The Morgan fingerprint density at radius 1 is 1.41 bits per heavy atom. The van der Waals surface area contributed by atoms with Crippen LogP contribution in [0.5, 0.6) is 0 Å². The van der Waals surface area contributed by atoms with Crippen LogP contribution in [-0.4, -0.2) is 16.0 Å². The Morgan fingerprint density at radius 2 is 2.18 bits per heavy atom. The normalized spacial score (nSPS) is 10.5. The topological polar surface area (TPSA) is 56.0 Å². The molecule has 0 unspecified atom stereocenters. The molecule has 0 radical (unpaired) electrons. The van der Waals surface area contributed by atoms with E-state index in [0.29, 0.717) is 11.5 Å². The number of ketones is 1. The van der Waals surface area contributed by atoms with Gasteiger partial charge in [-0.25, -0.2) is 4.39 Å².